The van der Waals surface area contributed by atoms with Crippen LogP contribution in [0.15, 0.2) is 11.1 Å². The van der Waals surface area contributed by atoms with Gasteiger partial charge in [0.15, 0.2) is 0 Å². The van der Waals surface area contributed by atoms with Crippen molar-refractivity contribution in [2.75, 3.05) is 13.1 Å². The van der Waals surface area contributed by atoms with Crippen LogP contribution in [0, 0.1) is 5.92 Å². The molecule has 2 N–H and O–H groups in total. The van der Waals surface area contributed by atoms with E-state index >= 15 is 0 Å². The Balaban J connectivity index is 2.32. The third kappa shape index (κ3) is 3.80. The highest BCUT2D eigenvalue weighted by Crippen LogP contribution is 2.16. The van der Waals surface area contributed by atoms with Gasteiger partial charge in [0, 0.05) is 23.0 Å². The van der Waals surface area contributed by atoms with Crippen LogP contribution in [0.2, 0.25) is 0 Å². The number of nitrogens with one attached hydrogen (secondary N) is 2. The molecule has 0 radical (unpaired) electrons. The molecule has 1 fully saturated rings. The van der Waals surface area contributed by atoms with Crippen LogP contribution < -0.4 is 10.6 Å². The Morgan fingerprint density at radius 2 is 2.43 bits per heavy atom. The number of hydrogen-bond donors (Lipinski definition) is 2. The number of piperidine rings is 1. The van der Waals surface area contributed by atoms with Crippen molar-refractivity contribution in [1.29, 1.82) is 0 Å². The molecule has 0 aromatic heterocycles. The molecule has 1 aliphatic rings. The predicted octanol–water partition coefficient (Wildman–Crippen LogP) is 1.40. The second-order valence-electron chi connectivity index (χ2n) is 3.81. The molecular weight excluding hydrogens is 244 g/mol. The van der Waals surface area contributed by atoms with E-state index in [1.54, 1.807) is 0 Å². The molecule has 1 aliphatic heterocycles. The molecule has 0 bridgehead atoms. The number of amides is 1. The van der Waals surface area contributed by atoms with Gasteiger partial charge in [0.1, 0.15) is 0 Å². The summed E-state index contributed by atoms with van der Waals surface area (Å²) in [7, 11) is 0. The van der Waals surface area contributed by atoms with E-state index < -0.39 is 0 Å². The van der Waals surface area contributed by atoms with Crippen molar-refractivity contribution < 1.29 is 4.79 Å². The molecule has 4 heteroatoms. The van der Waals surface area contributed by atoms with Gasteiger partial charge in [-0.3, -0.25) is 4.79 Å². The maximum atomic E-state index is 11.6. The first-order chi connectivity index (χ1) is 6.59. The Kier molecular flexibility index (Phi) is 4.62. The molecule has 1 saturated heterocycles. The van der Waals surface area contributed by atoms with Crippen molar-refractivity contribution in [3.05, 3.63) is 11.1 Å². The Morgan fingerprint density at radius 1 is 1.71 bits per heavy atom. The lowest BCUT2D eigenvalue weighted by Crippen LogP contribution is -2.42. The van der Waals surface area contributed by atoms with Gasteiger partial charge in [0.25, 0.3) is 0 Å². The van der Waals surface area contributed by atoms with E-state index in [4.69, 9.17) is 0 Å². The minimum atomic E-state index is 0.152. The summed E-state index contributed by atoms with van der Waals surface area (Å²) in [5.74, 6) is 0.317. The van der Waals surface area contributed by atoms with Crippen LogP contribution in [0.5, 0.6) is 0 Å². The van der Waals surface area contributed by atoms with Crippen molar-refractivity contribution >= 4 is 21.8 Å². The number of halogens is 1. The lowest BCUT2D eigenvalue weighted by atomic mass is 9.92. The number of carbonyl (C=O) groups excluding carboxylic acids is 1. The standard InChI is InChI=1S/C10H17BrN2O/c1-7(11)6-13-10(14)9-3-4-12-8(2)5-9/h8-9,12H,1,3-6H2,2H3,(H,13,14)/t8-,9-/m0/s1. The molecule has 0 aliphatic carbocycles. The first-order valence-electron chi connectivity index (χ1n) is 4.94. The quantitative estimate of drug-likeness (QED) is 0.806. The highest BCUT2D eigenvalue weighted by molar-refractivity contribution is 9.11. The Morgan fingerprint density at radius 3 is 3.00 bits per heavy atom. The predicted molar refractivity (Wildman–Crippen MR) is 61.3 cm³/mol. The summed E-state index contributed by atoms with van der Waals surface area (Å²) in [6, 6.07) is 0.451. The molecule has 1 rings (SSSR count). The Hall–Kier alpha value is -0.350. The lowest BCUT2D eigenvalue weighted by Gasteiger charge is -2.27. The zero-order chi connectivity index (χ0) is 10.6. The fourth-order valence-corrected chi connectivity index (χ4v) is 1.84. The van der Waals surface area contributed by atoms with E-state index in [1.165, 1.54) is 0 Å². The van der Waals surface area contributed by atoms with Gasteiger partial charge in [-0.25, -0.2) is 0 Å². The van der Waals surface area contributed by atoms with Crippen LogP contribution in [-0.2, 0) is 4.79 Å². The average Bonchev–Trinajstić information content (AvgIpc) is 2.14. The molecule has 2 atom stereocenters. The van der Waals surface area contributed by atoms with Crippen LogP contribution in [0.4, 0.5) is 0 Å². The lowest BCUT2D eigenvalue weighted by molar-refractivity contribution is -0.125. The molecule has 0 aromatic rings. The van der Waals surface area contributed by atoms with Gasteiger partial charge in [-0.1, -0.05) is 22.5 Å². The van der Waals surface area contributed by atoms with E-state index in [1.807, 2.05) is 0 Å². The molecule has 80 valence electrons. The first-order valence-corrected chi connectivity index (χ1v) is 5.73. The van der Waals surface area contributed by atoms with Crippen molar-refractivity contribution in [1.82, 2.24) is 10.6 Å². The van der Waals surface area contributed by atoms with Gasteiger partial charge in [-0.2, -0.15) is 0 Å². The van der Waals surface area contributed by atoms with Gasteiger partial charge in [0.2, 0.25) is 5.91 Å². The van der Waals surface area contributed by atoms with Crippen LogP contribution in [0.25, 0.3) is 0 Å². The third-order valence-corrected chi connectivity index (χ3v) is 2.73. The SMILES string of the molecule is C=C(Br)CNC(=O)[C@H]1CCN[C@@H](C)C1. The molecule has 0 aromatic carbocycles. The van der Waals surface area contributed by atoms with E-state index in [2.05, 4.69) is 40.1 Å². The number of rotatable bonds is 3. The van der Waals surface area contributed by atoms with Gasteiger partial charge < -0.3 is 10.6 Å². The van der Waals surface area contributed by atoms with E-state index in [0.717, 1.165) is 23.9 Å². The summed E-state index contributed by atoms with van der Waals surface area (Å²) >= 11 is 3.22. The largest absolute Gasteiger partial charge is 0.351 e. The van der Waals surface area contributed by atoms with Crippen molar-refractivity contribution in [3.63, 3.8) is 0 Å². The summed E-state index contributed by atoms with van der Waals surface area (Å²) in [6.45, 7) is 7.25. The minimum Gasteiger partial charge on any atom is -0.351 e. The van der Waals surface area contributed by atoms with E-state index in [0.29, 0.717) is 12.6 Å². The van der Waals surface area contributed by atoms with Gasteiger partial charge in [-0.15, -0.1) is 0 Å². The second-order valence-corrected chi connectivity index (χ2v) is 4.93. The van der Waals surface area contributed by atoms with Crippen molar-refractivity contribution in [2.24, 2.45) is 5.92 Å². The van der Waals surface area contributed by atoms with Crippen LogP contribution in [0.3, 0.4) is 0 Å². The van der Waals surface area contributed by atoms with Crippen LogP contribution in [0.1, 0.15) is 19.8 Å². The molecule has 14 heavy (non-hydrogen) atoms. The molecule has 1 amide bonds. The maximum Gasteiger partial charge on any atom is 0.223 e. The first kappa shape index (κ1) is 11.7. The summed E-state index contributed by atoms with van der Waals surface area (Å²) in [6.07, 6.45) is 1.87. The van der Waals surface area contributed by atoms with Crippen molar-refractivity contribution in [2.45, 2.75) is 25.8 Å². The normalized spacial score (nSPS) is 27.0. The monoisotopic (exact) mass is 260 g/mol. The fourth-order valence-electron chi connectivity index (χ4n) is 1.70. The maximum absolute atomic E-state index is 11.6. The summed E-state index contributed by atoms with van der Waals surface area (Å²) in [4.78, 5) is 11.6. The molecule has 0 spiro atoms. The highest BCUT2D eigenvalue weighted by atomic mass is 79.9. The zero-order valence-electron chi connectivity index (χ0n) is 8.48. The van der Waals surface area contributed by atoms with Crippen molar-refractivity contribution in [3.8, 4) is 0 Å². The van der Waals surface area contributed by atoms with E-state index in [9.17, 15) is 4.79 Å². The molecule has 1 heterocycles. The minimum absolute atomic E-state index is 0.152. The average molecular weight is 261 g/mol. The van der Waals surface area contributed by atoms with Gasteiger partial charge in [0.05, 0.1) is 0 Å². The fraction of sp³-hybridized carbons (Fsp3) is 0.700. The summed E-state index contributed by atoms with van der Waals surface area (Å²) < 4.78 is 0.813. The summed E-state index contributed by atoms with van der Waals surface area (Å²) in [5.41, 5.74) is 0. The Bertz CT molecular complexity index is 230. The van der Waals surface area contributed by atoms with E-state index in [-0.39, 0.29) is 11.8 Å². The van der Waals surface area contributed by atoms with Gasteiger partial charge in [-0.05, 0) is 26.3 Å². The summed E-state index contributed by atoms with van der Waals surface area (Å²) in [5, 5.41) is 6.18. The van der Waals surface area contributed by atoms with Crippen LogP contribution in [-0.4, -0.2) is 25.0 Å². The second kappa shape index (κ2) is 5.51. The topological polar surface area (TPSA) is 41.1 Å². The number of hydrogen-bond acceptors (Lipinski definition) is 2. The molecule has 3 nitrogen and oxygen atoms in total. The third-order valence-electron chi connectivity index (χ3n) is 2.45. The molecule has 0 unspecified atom stereocenters. The van der Waals surface area contributed by atoms with Crippen LogP contribution >= 0.6 is 15.9 Å². The smallest absolute Gasteiger partial charge is 0.223 e. The highest BCUT2D eigenvalue weighted by Gasteiger charge is 2.24. The Labute approximate surface area is 93.5 Å². The molecule has 0 saturated carbocycles. The zero-order valence-corrected chi connectivity index (χ0v) is 10.1. The number of carbonyl (C=O) groups is 1. The molecular formula is C10H17BrN2O. The van der Waals surface area contributed by atoms with Gasteiger partial charge >= 0.3 is 0 Å².